The van der Waals surface area contributed by atoms with Crippen LogP contribution in [0.5, 0.6) is 0 Å². The molecule has 0 radical (unpaired) electrons. The molecular weight excluding hydrogens is 176 g/mol. The van der Waals surface area contributed by atoms with Crippen LogP contribution < -0.4 is 0 Å². The predicted molar refractivity (Wildman–Crippen MR) is 54.8 cm³/mol. The van der Waals surface area contributed by atoms with Gasteiger partial charge in [0, 0.05) is 12.3 Å². The highest BCUT2D eigenvalue weighted by atomic mass is 16.5. The second kappa shape index (κ2) is 3.41. The molecule has 2 rings (SSSR count). The van der Waals surface area contributed by atoms with Gasteiger partial charge in [0.25, 0.3) is 0 Å². The summed E-state index contributed by atoms with van der Waals surface area (Å²) in [5.41, 5.74) is 0.171. The minimum atomic E-state index is 0.171. The maximum atomic E-state index is 12.1. The van der Waals surface area contributed by atoms with E-state index in [-0.39, 0.29) is 17.1 Å². The molecule has 78 valence electrons. The Kier molecular flexibility index (Phi) is 2.38. The van der Waals surface area contributed by atoms with Crippen LogP contribution in [0.4, 0.5) is 0 Å². The van der Waals surface area contributed by atoms with Crippen molar-refractivity contribution in [1.29, 1.82) is 0 Å². The molecule has 0 saturated heterocycles. The molecule has 1 aliphatic heterocycles. The molecule has 2 aliphatic rings. The van der Waals surface area contributed by atoms with Gasteiger partial charge in [-0.05, 0) is 24.3 Å². The van der Waals surface area contributed by atoms with Crippen molar-refractivity contribution in [1.82, 2.24) is 0 Å². The van der Waals surface area contributed by atoms with E-state index in [4.69, 9.17) is 4.74 Å². The Morgan fingerprint density at radius 2 is 2.36 bits per heavy atom. The lowest BCUT2D eigenvalue weighted by Crippen LogP contribution is -2.27. The first-order valence-electron chi connectivity index (χ1n) is 5.48. The molecule has 0 aromatic heterocycles. The van der Waals surface area contributed by atoms with Crippen LogP contribution in [0.1, 0.15) is 39.5 Å². The molecule has 1 fully saturated rings. The van der Waals surface area contributed by atoms with Crippen LogP contribution in [0.25, 0.3) is 0 Å². The van der Waals surface area contributed by atoms with Crippen molar-refractivity contribution in [2.45, 2.75) is 39.5 Å². The minimum absolute atomic E-state index is 0.171. The van der Waals surface area contributed by atoms with E-state index in [9.17, 15) is 4.79 Å². The fourth-order valence-corrected chi connectivity index (χ4v) is 2.57. The van der Waals surface area contributed by atoms with Gasteiger partial charge >= 0.3 is 0 Å². The number of ether oxygens (including phenoxy) is 1. The molecular formula is C12H18O2. The Morgan fingerprint density at radius 1 is 1.57 bits per heavy atom. The van der Waals surface area contributed by atoms with Gasteiger partial charge in [-0.3, -0.25) is 4.79 Å². The molecule has 1 unspecified atom stereocenters. The average Bonchev–Trinajstić information content (AvgIpc) is 2.71. The normalized spacial score (nSPS) is 29.9. The van der Waals surface area contributed by atoms with Gasteiger partial charge in [0.05, 0.1) is 6.61 Å². The number of hydrogen-bond donors (Lipinski definition) is 0. The van der Waals surface area contributed by atoms with Crippen LogP contribution in [-0.4, -0.2) is 12.4 Å². The van der Waals surface area contributed by atoms with Gasteiger partial charge in [-0.1, -0.05) is 20.3 Å². The summed E-state index contributed by atoms with van der Waals surface area (Å²) in [5, 5.41) is 0. The minimum Gasteiger partial charge on any atom is -0.490 e. The van der Waals surface area contributed by atoms with E-state index in [1.165, 1.54) is 6.42 Å². The first-order chi connectivity index (χ1) is 6.61. The molecule has 0 spiro atoms. The van der Waals surface area contributed by atoms with E-state index in [0.29, 0.717) is 12.4 Å². The van der Waals surface area contributed by atoms with Crippen molar-refractivity contribution >= 4 is 5.78 Å². The Balaban J connectivity index is 2.11. The maximum absolute atomic E-state index is 12.1. The van der Waals surface area contributed by atoms with E-state index in [1.54, 1.807) is 0 Å². The molecule has 2 heteroatoms. The SMILES string of the molecule is CC1(C)CCCC1C(=O)C1=CCCO1. The zero-order valence-corrected chi connectivity index (χ0v) is 9.01. The van der Waals surface area contributed by atoms with Gasteiger partial charge in [0.1, 0.15) is 0 Å². The van der Waals surface area contributed by atoms with Crippen LogP contribution in [-0.2, 0) is 9.53 Å². The van der Waals surface area contributed by atoms with E-state index in [0.717, 1.165) is 19.3 Å². The number of ketones is 1. The summed E-state index contributed by atoms with van der Waals surface area (Å²) in [6.45, 7) is 5.07. The van der Waals surface area contributed by atoms with E-state index in [1.807, 2.05) is 6.08 Å². The summed E-state index contributed by atoms with van der Waals surface area (Å²) in [4.78, 5) is 12.1. The van der Waals surface area contributed by atoms with Gasteiger partial charge in [-0.25, -0.2) is 0 Å². The molecule has 0 amide bonds. The Hall–Kier alpha value is -0.790. The Morgan fingerprint density at radius 3 is 2.86 bits per heavy atom. The summed E-state index contributed by atoms with van der Waals surface area (Å²) >= 11 is 0. The number of hydrogen-bond acceptors (Lipinski definition) is 2. The van der Waals surface area contributed by atoms with E-state index >= 15 is 0 Å². The first kappa shape index (κ1) is 9.75. The Bertz CT molecular complexity index is 276. The monoisotopic (exact) mass is 194 g/mol. The van der Waals surface area contributed by atoms with Crippen molar-refractivity contribution in [3.8, 4) is 0 Å². The van der Waals surface area contributed by atoms with Crippen LogP contribution in [0, 0.1) is 11.3 Å². The standard InChI is InChI=1S/C12H18O2/c1-12(2)7-3-5-9(12)11(13)10-6-4-8-14-10/h6,9H,3-5,7-8H2,1-2H3. The molecule has 2 nitrogen and oxygen atoms in total. The van der Waals surface area contributed by atoms with Crippen LogP contribution in [0.2, 0.25) is 0 Å². The lowest BCUT2D eigenvalue weighted by Gasteiger charge is -2.25. The second-order valence-corrected chi connectivity index (χ2v) is 5.00. The van der Waals surface area contributed by atoms with Crippen LogP contribution in [0.15, 0.2) is 11.8 Å². The third kappa shape index (κ3) is 1.58. The van der Waals surface area contributed by atoms with Gasteiger partial charge < -0.3 is 4.74 Å². The van der Waals surface area contributed by atoms with Crippen molar-refractivity contribution in [3.05, 3.63) is 11.8 Å². The molecule has 1 saturated carbocycles. The number of Topliss-reactive ketones (excluding diaryl/α,β-unsaturated/α-hetero) is 1. The number of allylic oxidation sites excluding steroid dienone is 1. The molecule has 1 atom stereocenters. The van der Waals surface area contributed by atoms with Crippen molar-refractivity contribution in [2.75, 3.05) is 6.61 Å². The lowest BCUT2D eigenvalue weighted by atomic mass is 9.79. The molecule has 0 N–H and O–H groups in total. The number of carbonyl (C=O) groups is 1. The van der Waals surface area contributed by atoms with Crippen LogP contribution >= 0.6 is 0 Å². The predicted octanol–water partition coefficient (Wildman–Crippen LogP) is 2.69. The van der Waals surface area contributed by atoms with Crippen molar-refractivity contribution < 1.29 is 9.53 Å². The zero-order chi connectivity index (χ0) is 10.2. The van der Waals surface area contributed by atoms with Gasteiger partial charge in [-0.15, -0.1) is 0 Å². The summed E-state index contributed by atoms with van der Waals surface area (Å²) in [7, 11) is 0. The van der Waals surface area contributed by atoms with Crippen molar-refractivity contribution in [2.24, 2.45) is 11.3 Å². The fraction of sp³-hybridized carbons (Fsp3) is 0.750. The summed E-state index contributed by atoms with van der Waals surface area (Å²) in [6, 6.07) is 0. The maximum Gasteiger partial charge on any atom is 0.200 e. The van der Waals surface area contributed by atoms with Gasteiger partial charge in [-0.2, -0.15) is 0 Å². The highest BCUT2D eigenvalue weighted by molar-refractivity contribution is 5.96. The smallest absolute Gasteiger partial charge is 0.200 e. The summed E-state index contributed by atoms with van der Waals surface area (Å²) in [5.74, 6) is 1.06. The van der Waals surface area contributed by atoms with Gasteiger partial charge in [0.2, 0.25) is 5.78 Å². The summed E-state index contributed by atoms with van der Waals surface area (Å²) in [6.07, 6.45) is 6.21. The zero-order valence-electron chi connectivity index (χ0n) is 9.01. The van der Waals surface area contributed by atoms with Gasteiger partial charge in [0.15, 0.2) is 5.76 Å². The Labute approximate surface area is 85.3 Å². The highest BCUT2D eigenvalue weighted by Gasteiger charge is 2.41. The van der Waals surface area contributed by atoms with E-state index in [2.05, 4.69) is 13.8 Å². The molecule has 0 bridgehead atoms. The third-order valence-corrected chi connectivity index (χ3v) is 3.52. The lowest BCUT2D eigenvalue weighted by molar-refractivity contribution is -0.124. The van der Waals surface area contributed by atoms with E-state index < -0.39 is 0 Å². The quantitative estimate of drug-likeness (QED) is 0.675. The second-order valence-electron chi connectivity index (χ2n) is 5.00. The summed E-state index contributed by atoms with van der Waals surface area (Å²) < 4.78 is 5.33. The van der Waals surface area contributed by atoms with Crippen LogP contribution in [0.3, 0.4) is 0 Å². The number of rotatable bonds is 2. The fourth-order valence-electron chi connectivity index (χ4n) is 2.57. The van der Waals surface area contributed by atoms with Crippen molar-refractivity contribution in [3.63, 3.8) is 0 Å². The number of carbonyl (C=O) groups excluding carboxylic acids is 1. The third-order valence-electron chi connectivity index (χ3n) is 3.52. The largest absolute Gasteiger partial charge is 0.490 e. The molecule has 1 heterocycles. The highest BCUT2D eigenvalue weighted by Crippen LogP contribution is 2.44. The topological polar surface area (TPSA) is 26.3 Å². The first-order valence-corrected chi connectivity index (χ1v) is 5.48. The average molecular weight is 194 g/mol. The molecule has 14 heavy (non-hydrogen) atoms. The molecule has 1 aliphatic carbocycles. The molecule has 0 aromatic rings. The molecule has 0 aromatic carbocycles.